The quantitative estimate of drug-likeness (QED) is 0.711. The maximum absolute atomic E-state index is 6.05. The lowest BCUT2D eigenvalue weighted by Gasteiger charge is -2.28. The number of epoxide rings is 1. The molecule has 0 amide bonds. The molecule has 4 aliphatic heterocycles. The van der Waals surface area contributed by atoms with Gasteiger partial charge in [-0.1, -0.05) is 0 Å². The molecule has 0 N–H and O–H groups in total. The third kappa shape index (κ3) is 2.91. The van der Waals surface area contributed by atoms with E-state index >= 15 is 0 Å². The number of hydrogen-bond acceptors (Lipinski definition) is 7. The van der Waals surface area contributed by atoms with E-state index in [1.165, 1.54) is 0 Å². The second-order valence-corrected chi connectivity index (χ2v) is 7.19. The summed E-state index contributed by atoms with van der Waals surface area (Å²) in [5, 5.41) is 0. The Morgan fingerprint density at radius 1 is 0.955 bits per heavy atom. The maximum Gasteiger partial charge on any atom is 0.190 e. The molecule has 0 spiro atoms. The first-order chi connectivity index (χ1) is 10.3. The van der Waals surface area contributed by atoms with Gasteiger partial charge in [-0.2, -0.15) is 0 Å². The third-order valence-corrected chi connectivity index (χ3v) is 4.30. The van der Waals surface area contributed by atoms with Crippen LogP contribution in [0.15, 0.2) is 0 Å². The lowest BCUT2D eigenvalue weighted by atomic mass is 10.1. The van der Waals surface area contributed by atoms with E-state index in [2.05, 4.69) is 0 Å². The highest BCUT2D eigenvalue weighted by atomic mass is 16.8. The van der Waals surface area contributed by atoms with E-state index in [4.69, 9.17) is 33.2 Å². The van der Waals surface area contributed by atoms with Crippen molar-refractivity contribution in [3.8, 4) is 0 Å². The molecule has 0 saturated carbocycles. The Balaban J connectivity index is 1.48. The van der Waals surface area contributed by atoms with Crippen LogP contribution >= 0.6 is 0 Å². The molecule has 1 unspecified atom stereocenters. The van der Waals surface area contributed by atoms with Crippen molar-refractivity contribution in [1.82, 2.24) is 0 Å². The maximum atomic E-state index is 6.05. The van der Waals surface area contributed by atoms with Gasteiger partial charge in [-0.25, -0.2) is 0 Å². The van der Waals surface area contributed by atoms with E-state index in [1.54, 1.807) is 0 Å². The van der Waals surface area contributed by atoms with Crippen LogP contribution in [0.4, 0.5) is 0 Å². The van der Waals surface area contributed by atoms with E-state index in [0.29, 0.717) is 13.2 Å². The molecule has 4 heterocycles. The standard InChI is InChI=1S/C15H24O7/c1-14(2)18-7-9(20-14)10-11(17-6-8-5-16-8)12-13(19-10)22-15(3,4)21-12/h8-13H,5-7H2,1-4H3/t8-,9-,10?,11-,12+,13+/m0/s1. The fourth-order valence-corrected chi connectivity index (χ4v) is 3.25. The predicted octanol–water partition coefficient (Wildman–Crippen LogP) is 0.798. The molecule has 126 valence electrons. The number of ether oxygens (including phenoxy) is 7. The second kappa shape index (κ2) is 5.11. The molecule has 0 bridgehead atoms. The zero-order valence-electron chi connectivity index (χ0n) is 13.4. The Morgan fingerprint density at radius 2 is 1.73 bits per heavy atom. The fraction of sp³-hybridized carbons (Fsp3) is 1.00. The summed E-state index contributed by atoms with van der Waals surface area (Å²) in [5.74, 6) is -1.26. The van der Waals surface area contributed by atoms with Gasteiger partial charge in [0.25, 0.3) is 0 Å². The van der Waals surface area contributed by atoms with Gasteiger partial charge >= 0.3 is 0 Å². The molecular weight excluding hydrogens is 292 g/mol. The highest BCUT2D eigenvalue weighted by molar-refractivity contribution is 4.99. The Bertz CT molecular complexity index is 434. The van der Waals surface area contributed by atoms with Crippen molar-refractivity contribution in [2.45, 2.75) is 76.1 Å². The summed E-state index contributed by atoms with van der Waals surface area (Å²) in [4.78, 5) is 0. The minimum absolute atomic E-state index is 0.187. The van der Waals surface area contributed by atoms with Crippen LogP contribution in [-0.2, 0) is 33.2 Å². The van der Waals surface area contributed by atoms with E-state index in [0.717, 1.165) is 6.61 Å². The van der Waals surface area contributed by atoms with E-state index < -0.39 is 17.9 Å². The molecule has 4 fully saturated rings. The Labute approximate surface area is 130 Å². The van der Waals surface area contributed by atoms with Gasteiger partial charge in [-0.15, -0.1) is 0 Å². The van der Waals surface area contributed by atoms with Gasteiger partial charge in [0.2, 0.25) is 0 Å². The topological polar surface area (TPSA) is 67.9 Å². The van der Waals surface area contributed by atoms with Gasteiger partial charge in [-0.3, -0.25) is 0 Å². The van der Waals surface area contributed by atoms with Crippen LogP contribution < -0.4 is 0 Å². The second-order valence-electron chi connectivity index (χ2n) is 7.19. The Kier molecular flexibility index (Phi) is 3.54. The Morgan fingerprint density at radius 3 is 2.36 bits per heavy atom. The minimum atomic E-state index is -0.662. The monoisotopic (exact) mass is 316 g/mol. The van der Waals surface area contributed by atoms with Crippen LogP contribution in [0.3, 0.4) is 0 Å². The van der Waals surface area contributed by atoms with Crippen molar-refractivity contribution in [2.75, 3.05) is 19.8 Å². The summed E-state index contributed by atoms with van der Waals surface area (Å²) in [7, 11) is 0. The van der Waals surface area contributed by atoms with Crippen LogP contribution in [0, 0.1) is 0 Å². The summed E-state index contributed by atoms with van der Waals surface area (Å²) in [6.07, 6.45) is -1.22. The van der Waals surface area contributed by atoms with Gasteiger partial charge in [0.05, 0.1) is 19.8 Å². The van der Waals surface area contributed by atoms with E-state index in [1.807, 2.05) is 27.7 Å². The van der Waals surface area contributed by atoms with Gasteiger partial charge in [0, 0.05) is 0 Å². The lowest BCUT2D eigenvalue weighted by Crippen LogP contribution is -2.44. The summed E-state index contributed by atoms with van der Waals surface area (Å²) in [6, 6.07) is 0. The molecule has 7 nitrogen and oxygen atoms in total. The lowest BCUT2D eigenvalue weighted by molar-refractivity contribution is -0.236. The fourth-order valence-electron chi connectivity index (χ4n) is 3.25. The molecule has 0 aromatic rings. The van der Waals surface area contributed by atoms with Crippen LogP contribution in [0.25, 0.3) is 0 Å². The van der Waals surface area contributed by atoms with Crippen molar-refractivity contribution in [3.63, 3.8) is 0 Å². The van der Waals surface area contributed by atoms with Gasteiger partial charge in [0.1, 0.15) is 30.5 Å². The zero-order valence-corrected chi connectivity index (χ0v) is 13.4. The SMILES string of the molecule is CC1(C)O[C@H]2OC([C@@H]3COC(C)(C)O3)[C@H](OC[C@@H]3CO3)[C@H]2O1. The number of fused-ring (bicyclic) bond motifs is 1. The third-order valence-electron chi connectivity index (χ3n) is 4.30. The van der Waals surface area contributed by atoms with Crippen molar-refractivity contribution >= 4 is 0 Å². The van der Waals surface area contributed by atoms with Gasteiger partial charge < -0.3 is 33.2 Å². The van der Waals surface area contributed by atoms with Crippen molar-refractivity contribution < 1.29 is 33.2 Å². The summed E-state index contributed by atoms with van der Waals surface area (Å²) >= 11 is 0. The zero-order chi connectivity index (χ0) is 15.5. The first-order valence-corrected chi connectivity index (χ1v) is 7.89. The van der Waals surface area contributed by atoms with Crippen LogP contribution in [0.1, 0.15) is 27.7 Å². The average molecular weight is 316 g/mol. The first-order valence-electron chi connectivity index (χ1n) is 7.89. The molecule has 4 aliphatic rings. The van der Waals surface area contributed by atoms with Crippen molar-refractivity contribution in [3.05, 3.63) is 0 Å². The van der Waals surface area contributed by atoms with Crippen LogP contribution in [-0.4, -0.2) is 68.2 Å². The Hall–Kier alpha value is -0.280. The molecule has 0 radical (unpaired) electrons. The molecule has 7 heteroatoms. The highest BCUT2D eigenvalue weighted by Gasteiger charge is 2.59. The molecule has 0 aromatic heterocycles. The molecular formula is C15H24O7. The number of rotatable bonds is 4. The molecule has 6 atom stereocenters. The molecule has 0 aromatic carbocycles. The van der Waals surface area contributed by atoms with Crippen LogP contribution in [0.5, 0.6) is 0 Å². The van der Waals surface area contributed by atoms with Crippen molar-refractivity contribution in [1.29, 1.82) is 0 Å². The van der Waals surface area contributed by atoms with Crippen LogP contribution in [0.2, 0.25) is 0 Å². The smallest absolute Gasteiger partial charge is 0.190 e. The molecule has 22 heavy (non-hydrogen) atoms. The molecule has 4 saturated heterocycles. The molecule has 4 rings (SSSR count). The van der Waals surface area contributed by atoms with E-state index in [9.17, 15) is 0 Å². The summed E-state index contributed by atoms with van der Waals surface area (Å²) in [5.41, 5.74) is 0. The summed E-state index contributed by atoms with van der Waals surface area (Å²) in [6.45, 7) is 9.31. The van der Waals surface area contributed by atoms with E-state index in [-0.39, 0.29) is 30.5 Å². The van der Waals surface area contributed by atoms with Crippen molar-refractivity contribution in [2.24, 2.45) is 0 Å². The predicted molar refractivity (Wildman–Crippen MR) is 73.1 cm³/mol. The van der Waals surface area contributed by atoms with Gasteiger partial charge in [0.15, 0.2) is 17.9 Å². The normalized spacial score (nSPS) is 48.5. The first kappa shape index (κ1) is 15.3. The van der Waals surface area contributed by atoms with Gasteiger partial charge in [-0.05, 0) is 27.7 Å². The minimum Gasteiger partial charge on any atom is -0.371 e. The average Bonchev–Trinajstić information content (AvgIpc) is 2.99. The molecule has 0 aliphatic carbocycles. The number of hydrogen-bond donors (Lipinski definition) is 0. The highest BCUT2D eigenvalue weighted by Crippen LogP contribution is 2.42. The summed E-state index contributed by atoms with van der Waals surface area (Å²) < 4.78 is 40.7. The largest absolute Gasteiger partial charge is 0.371 e.